The van der Waals surface area contributed by atoms with Gasteiger partial charge >= 0.3 is 0 Å². The molecule has 0 aromatic heterocycles. The van der Waals surface area contributed by atoms with Gasteiger partial charge in [0.05, 0.1) is 0 Å². The fourth-order valence-electron chi connectivity index (χ4n) is 1.71. The zero-order valence-electron chi connectivity index (χ0n) is 7.53. The van der Waals surface area contributed by atoms with Crippen molar-refractivity contribution in [3.8, 4) is 0 Å². The number of carbonyl (C=O) groups is 2. The van der Waals surface area contributed by atoms with Gasteiger partial charge in [-0.2, -0.15) is 0 Å². The summed E-state index contributed by atoms with van der Waals surface area (Å²) < 4.78 is 0. The van der Waals surface area contributed by atoms with Crippen LogP contribution in [-0.2, 0) is 9.59 Å². The third-order valence-corrected chi connectivity index (χ3v) is 2.79. The summed E-state index contributed by atoms with van der Waals surface area (Å²) in [4.78, 5) is 24.0. The van der Waals surface area contributed by atoms with Gasteiger partial charge in [0.2, 0.25) is 5.91 Å². The Morgan fingerprint density at radius 1 is 1.38 bits per heavy atom. The highest BCUT2D eigenvalue weighted by atomic mass is 16.2. The molecule has 70 valence electrons. The predicted molar refractivity (Wildman–Crippen MR) is 47.8 cm³/mol. The van der Waals surface area contributed by atoms with E-state index in [2.05, 4.69) is 0 Å². The van der Waals surface area contributed by atoms with E-state index < -0.39 is 0 Å². The zero-order chi connectivity index (χ0) is 9.26. The van der Waals surface area contributed by atoms with Gasteiger partial charge < -0.3 is 0 Å². The van der Waals surface area contributed by atoms with Crippen molar-refractivity contribution in [1.82, 2.24) is 4.90 Å². The Labute approximate surface area is 77.4 Å². The van der Waals surface area contributed by atoms with E-state index in [4.69, 9.17) is 0 Å². The largest absolute Gasteiger partial charge is 0.278 e. The van der Waals surface area contributed by atoms with Crippen LogP contribution in [0.25, 0.3) is 0 Å². The van der Waals surface area contributed by atoms with Gasteiger partial charge in [0.25, 0.3) is 5.91 Å². The molecule has 1 fully saturated rings. The summed E-state index contributed by atoms with van der Waals surface area (Å²) in [6.07, 6.45) is 7.11. The SMILES string of the molecule is O=C1C=CCC(=O)N1CC1CCC1. The molecular formula is C10H13NO2. The number of hydrogen-bond donors (Lipinski definition) is 0. The van der Waals surface area contributed by atoms with Crippen molar-refractivity contribution in [3.05, 3.63) is 12.2 Å². The summed E-state index contributed by atoms with van der Waals surface area (Å²) in [5, 5.41) is 0. The maximum absolute atomic E-state index is 11.3. The molecule has 2 aliphatic rings. The fraction of sp³-hybridized carbons (Fsp3) is 0.600. The highest BCUT2D eigenvalue weighted by Crippen LogP contribution is 2.27. The van der Waals surface area contributed by atoms with Crippen LogP contribution in [0.5, 0.6) is 0 Å². The van der Waals surface area contributed by atoms with Crippen LogP contribution >= 0.6 is 0 Å². The summed E-state index contributed by atoms with van der Waals surface area (Å²) in [5.74, 6) is 0.391. The van der Waals surface area contributed by atoms with Crippen molar-refractivity contribution in [2.45, 2.75) is 25.7 Å². The molecule has 1 aliphatic carbocycles. The minimum atomic E-state index is -0.136. The number of carbonyl (C=O) groups excluding carboxylic acids is 2. The predicted octanol–water partition coefficient (Wildman–Crippen LogP) is 1.10. The molecule has 13 heavy (non-hydrogen) atoms. The zero-order valence-corrected chi connectivity index (χ0v) is 7.53. The van der Waals surface area contributed by atoms with Gasteiger partial charge in [0.15, 0.2) is 0 Å². The molecule has 0 atom stereocenters. The van der Waals surface area contributed by atoms with Gasteiger partial charge in [-0.25, -0.2) is 0 Å². The Hall–Kier alpha value is -1.12. The van der Waals surface area contributed by atoms with E-state index in [1.165, 1.54) is 30.2 Å². The third kappa shape index (κ3) is 1.64. The molecule has 0 unspecified atom stereocenters. The van der Waals surface area contributed by atoms with E-state index >= 15 is 0 Å². The van der Waals surface area contributed by atoms with Gasteiger partial charge in [0.1, 0.15) is 0 Å². The van der Waals surface area contributed by atoms with Crippen molar-refractivity contribution < 1.29 is 9.59 Å². The van der Waals surface area contributed by atoms with E-state index in [0.29, 0.717) is 18.9 Å². The molecule has 0 radical (unpaired) electrons. The topological polar surface area (TPSA) is 37.4 Å². The van der Waals surface area contributed by atoms with Crippen LogP contribution in [0.1, 0.15) is 25.7 Å². The van der Waals surface area contributed by atoms with Crippen LogP contribution in [0.3, 0.4) is 0 Å². The Bertz CT molecular complexity index is 266. The van der Waals surface area contributed by atoms with Crippen LogP contribution in [0, 0.1) is 5.92 Å². The van der Waals surface area contributed by atoms with Crippen molar-refractivity contribution in [2.24, 2.45) is 5.92 Å². The first-order valence-electron chi connectivity index (χ1n) is 4.78. The first kappa shape index (κ1) is 8.48. The monoisotopic (exact) mass is 179 g/mol. The van der Waals surface area contributed by atoms with Crippen LogP contribution in [-0.4, -0.2) is 23.3 Å². The smallest absolute Gasteiger partial charge is 0.252 e. The normalized spacial score (nSPS) is 23.5. The molecule has 3 heteroatoms. The van der Waals surface area contributed by atoms with E-state index in [0.717, 1.165) is 0 Å². The molecule has 3 nitrogen and oxygen atoms in total. The van der Waals surface area contributed by atoms with Crippen molar-refractivity contribution >= 4 is 11.8 Å². The molecule has 2 rings (SSSR count). The maximum Gasteiger partial charge on any atom is 0.252 e. The molecule has 0 N–H and O–H groups in total. The number of hydrogen-bond acceptors (Lipinski definition) is 2. The van der Waals surface area contributed by atoms with Crippen molar-refractivity contribution in [1.29, 1.82) is 0 Å². The molecule has 0 bridgehead atoms. The van der Waals surface area contributed by atoms with Gasteiger partial charge in [-0.15, -0.1) is 0 Å². The summed E-state index contributed by atoms with van der Waals surface area (Å²) in [5.41, 5.74) is 0. The molecule has 0 aromatic carbocycles. The average molecular weight is 179 g/mol. The van der Waals surface area contributed by atoms with Gasteiger partial charge in [-0.05, 0) is 18.8 Å². The van der Waals surface area contributed by atoms with E-state index in [9.17, 15) is 9.59 Å². The van der Waals surface area contributed by atoms with Gasteiger partial charge in [0, 0.05) is 19.0 Å². The lowest BCUT2D eigenvalue weighted by Crippen LogP contribution is -2.42. The Morgan fingerprint density at radius 3 is 2.69 bits per heavy atom. The second kappa shape index (κ2) is 3.32. The lowest BCUT2D eigenvalue weighted by atomic mass is 9.85. The number of imide groups is 1. The lowest BCUT2D eigenvalue weighted by Gasteiger charge is -2.31. The summed E-state index contributed by atoms with van der Waals surface area (Å²) in [7, 11) is 0. The van der Waals surface area contributed by atoms with E-state index in [1.807, 2.05) is 0 Å². The Kier molecular flexibility index (Phi) is 2.17. The van der Waals surface area contributed by atoms with Crippen LogP contribution in [0.15, 0.2) is 12.2 Å². The Balaban J connectivity index is 1.98. The second-order valence-electron chi connectivity index (χ2n) is 3.75. The summed E-state index contributed by atoms with van der Waals surface area (Å²) in [6, 6.07) is 0. The first-order chi connectivity index (χ1) is 6.27. The van der Waals surface area contributed by atoms with Gasteiger partial charge in [-0.3, -0.25) is 14.5 Å². The average Bonchev–Trinajstić information content (AvgIpc) is 2.00. The highest BCUT2D eigenvalue weighted by molar-refractivity contribution is 6.04. The maximum atomic E-state index is 11.3. The van der Waals surface area contributed by atoms with Crippen LogP contribution in [0.2, 0.25) is 0 Å². The lowest BCUT2D eigenvalue weighted by molar-refractivity contribution is -0.143. The first-order valence-corrected chi connectivity index (χ1v) is 4.78. The minimum absolute atomic E-state index is 0.0422. The quantitative estimate of drug-likeness (QED) is 0.595. The summed E-state index contributed by atoms with van der Waals surface area (Å²) >= 11 is 0. The molecule has 0 aromatic rings. The molecule has 1 saturated carbocycles. The van der Waals surface area contributed by atoms with Crippen molar-refractivity contribution in [2.75, 3.05) is 6.54 Å². The Morgan fingerprint density at radius 2 is 2.15 bits per heavy atom. The number of rotatable bonds is 2. The molecule has 1 heterocycles. The second-order valence-corrected chi connectivity index (χ2v) is 3.75. The summed E-state index contributed by atoms with van der Waals surface area (Å²) in [6.45, 7) is 0.641. The molecule has 0 spiro atoms. The van der Waals surface area contributed by atoms with Crippen LogP contribution in [0.4, 0.5) is 0 Å². The molecule has 1 aliphatic heterocycles. The molecular weight excluding hydrogens is 166 g/mol. The minimum Gasteiger partial charge on any atom is -0.278 e. The van der Waals surface area contributed by atoms with E-state index in [-0.39, 0.29) is 11.8 Å². The molecule has 0 saturated heterocycles. The highest BCUT2D eigenvalue weighted by Gasteiger charge is 2.27. The van der Waals surface area contributed by atoms with Gasteiger partial charge in [-0.1, -0.05) is 12.5 Å². The van der Waals surface area contributed by atoms with E-state index in [1.54, 1.807) is 6.08 Å². The molecule has 2 amide bonds. The standard InChI is InChI=1S/C10H13NO2/c12-9-5-2-6-10(13)11(9)7-8-3-1-4-8/h2,5,8H,1,3-4,6-7H2. The number of amides is 2. The fourth-order valence-corrected chi connectivity index (χ4v) is 1.71. The third-order valence-electron chi connectivity index (χ3n) is 2.79. The van der Waals surface area contributed by atoms with Crippen LogP contribution < -0.4 is 0 Å². The van der Waals surface area contributed by atoms with Crippen molar-refractivity contribution in [3.63, 3.8) is 0 Å². The number of nitrogens with zero attached hydrogens (tertiary/aromatic N) is 1.